The molecule has 2 amide bonds. The molecule has 4 aliphatic rings. The van der Waals surface area contributed by atoms with Crippen molar-refractivity contribution in [2.45, 2.75) is 65.6 Å². The Bertz CT molecular complexity index is 1200. The van der Waals surface area contributed by atoms with Crippen LogP contribution in [-0.2, 0) is 14.1 Å². The number of ether oxygens (including phenoxy) is 1. The molecule has 37 heavy (non-hydrogen) atoms. The van der Waals surface area contributed by atoms with E-state index in [-0.39, 0.29) is 46.2 Å². The van der Waals surface area contributed by atoms with Crippen molar-refractivity contribution in [1.82, 2.24) is 5.32 Å². The van der Waals surface area contributed by atoms with Crippen LogP contribution in [0.1, 0.15) is 63.7 Å². The summed E-state index contributed by atoms with van der Waals surface area (Å²) in [6.07, 6.45) is 0.290. The zero-order valence-corrected chi connectivity index (χ0v) is 22.2. The number of imide groups is 1. The summed E-state index contributed by atoms with van der Waals surface area (Å²) >= 11 is 0. The molecule has 5 rings (SSSR count). The van der Waals surface area contributed by atoms with Gasteiger partial charge in [-0.2, -0.15) is 0 Å². The van der Waals surface area contributed by atoms with Crippen LogP contribution >= 0.6 is 7.82 Å². The largest absolute Gasteiger partial charge is 0.524 e. The van der Waals surface area contributed by atoms with E-state index in [0.717, 1.165) is 12.8 Å². The van der Waals surface area contributed by atoms with Crippen molar-refractivity contribution in [1.29, 1.82) is 0 Å². The maximum atomic E-state index is 13.2. The second-order valence-corrected chi connectivity index (χ2v) is 12.9. The molecule has 11 heteroatoms. The van der Waals surface area contributed by atoms with Crippen LogP contribution in [0.3, 0.4) is 0 Å². The number of benzene rings is 1. The molecule has 1 unspecified atom stereocenters. The highest BCUT2D eigenvalue weighted by Crippen LogP contribution is 2.91. The number of amides is 2. The Morgan fingerprint density at radius 1 is 1.14 bits per heavy atom. The van der Waals surface area contributed by atoms with Gasteiger partial charge in [0.15, 0.2) is 0 Å². The minimum Gasteiger partial charge on any atom is -0.445 e. The highest BCUT2D eigenvalue weighted by molar-refractivity contribution is 7.46. The third kappa shape index (κ3) is 3.63. The first-order chi connectivity index (χ1) is 17.2. The lowest BCUT2D eigenvalue weighted by Crippen LogP contribution is -2.51. The number of carbonyl (C=O) groups excluding carboxylic acids is 3. The Morgan fingerprint density at radius 3 is 2.41 bits per heavy atom. The molecular formula is C26H34NO9P. The number of phosphoric acid groups is 1. The van der Waals surface area contributed by atoms with E-state index in [0.29, 0.717) is 12.8 Å². The first-order valence-electron chi connectivity index (χ1n) is 12.8. The van der Waals surface area contributed by atoms with Gasteiger partial charge in [-0.05, 0) is 72.6 Å². The maximum absolute atomic E-state index is 13.2. The van der Waals surface area contributed by atoms with Crippen LogP contribution in [-0.4, -0.2) is 44.9 Å². The number of alkyl carbamates (subject to hydrolysis) is 1. The van der Waals surface area contributed by atoms with Crippen LogP contribution in [0.25, 0.3) is 0 Å². The van der Waals surface area contributed by atoms with E-state index in [9.17, 15) is 24.1 Å². The van der Waals surface area contributed by atoms with Gasteiger partial charge in [-0.15, -0.1) is 0 Å². The lowest BCUT2D eigenvalue weighted by Gasteiger charge is -2.48. The van der Waals surface area contributed by atoms with Crippen molar-refractivity contribution in [3.8, 4) is 5.75 Å². The molecule has 0 saturated heterocycles. The van der Waals surface area contributed by atoms with E-state index in [4.69, 9.17) is 14.5 Å². The molecule has 0 heterocycles. The van der Waals surface area contributed by atoms with E-state index in [2.05, 4.69) is 30.6 Å². The summed E-state index contributed by atoms with van der Waals surface area (Å²) in [7, 11) is -4.73. The fraction of sp³-hybridized carbons (Fsp3) is 0.654. The van der Waals surface area contributed by atoms with Gasteiger partial charge in [-0.25, -0.2) is 9.36 Å². The molecular weight excluding hydrogens is 501 g/mol. The van der Waals surface area contributed by atoms with E-state index in [1.165, 1.54) is 24.3 Å². The molecule has 1 aromatic carbocycles. The average Bonchev–Trinajstić information content (AvgIpc) is 3.18. The van der Waals surface area contributed by atoms with E-state index in [1.54, 1.807) is 0 Å². The SMILES string of the molecule is C[C@@H]1CC23C(=O)CC[C@]24[C@@H](C)[C@H](O)[C@@H](C)C[C@@H](OC(=O)NC(=O)c2ccc(OP(=O)(O)O)cc2)[C@@]1(C)[C@H]34. The number of hydrogen-bond acceptors (Lipinski definition) is 7. The number of phosphoric ester groups is 1. The van der Waals surface area contributed by atoms with E-state index < -0.39 is 42.9 Å². The van der Waals surface area contributed by atoms with Gasteiger partial charge in [0, 0.05) is 22.8 Å². The second kappa shape index (κ2) is 8.37. The Morgan fingerprint density at radius 2 is 1.78 bits per heavy atom. The minimum atomic E-state index is -4.73. The summed E-state index contributed by atoms with van der Waals surface area (Å²) in [5.41, 5.74) is -1.13. The predicted octanol–water partition coefficient (Wildman–Crippen LogP) is 3.44. The van der Waals surface area contributed by atoms with Crippen molar-refractivity contribution in [2.24, 2.45) is 39.9 Å². The molecule has 0 radical (unpaired) electrons. The van der Waals surface area contributed by atoms with Crippen molar-refractivity contribution in [3.05, 3.63) is 29.8 Å². The Hall–Kier alpha value is -2.26. The lowest BCUT2D eigenvalue weighted by atomic mass is 9.60. The fourth-order valence-corrected chi connectivity index (χ4v) is 9.08. The first-order valence-corrected chi connectivity index (χ1v) is 14.3. The lowest BCUT2D eigenvalue weighted by molar-refractivity contribution is -0.123. The molecule has 9 atom stereocenters. The molecule has 202 valence electrons. The predicted molar refractivity (Wildman–Crippen MR) is 130 cm³/mol. The molecule has 4 saturated carbocycles. The molecule has 4 aliphatic carbocycles. The molecule has 4 fully saturated rings. The third-order valence-electron chi connectivity index (χ3n) is 10.3. The van der Waals surface area contributed by atoms with Gasteiger partial charge in [0.25, 0.3) is 5.91 Å². The van der Waals surface area contributed by atoms with Crippen LogP contribution in [0.2, 0.25) is 0 Å². The normalized spacial score (nSPS) is 42.2. The fourth-order valence-electron chi connectivity index (χ4n) is 8.68. The molecule has 4 N–H and O–H groups in total. The molecule has 2 spiro atoms. The second-order valence-electron chi connectivity index (χ2n) is 11.8. The number of aliphatic hydroxyl groups is 1. The zero-order valence-electron chi connectivity index (χ0n) is 21.3. The van der Waals surface area contributed by atoms with Crippen LogP contribution < -0.4 is 9.84 Å². The Balaban J connectivity index is 1.35. The smallest absolute Gasteiger partial charge is 0.445 e. The number of nitrogens with one attached hydrogen (secondary N) is 1. The van der Waals surface area contributed by atoms with Gasteiger partial charge in [0.05, 0.1) is 6.10 Å². The topological polar surface area (TPSA) is 159 Å². The van der Waals surface area contributed by atoms with Gasteiger partial charge < -0.3 is 14.4 Å². The number of aliphatic hydroxyl groups excluding tert-OH is 1. The van der Waals surface area contributed by atoms with Crippen molar-refractivity contribution < 1.29 is 43.1 Å². The number of ketones is 1. The molecule has 1 aromatic rings. The van der Waals surface area contributed by atoms with Crippen molar-refractivity contribution >= 4 is 25.6 Å². The number of hydrogen-bond donors (Lipinski definition) is 4. The van der Waals surface area contributed by atoms with Gasteiger partial charge in [0.2, 0.25) is 0 Å². The van der Waals surface area contributed by atoms with Crippen LogP contribution in [0.5, 0.6) is 5.75 Å². The number of rotatable bonds is 4. The number of carbonyl (C=O) groups is 3. The summed E-state index contributed by atoms with van der Waals surface area (Å²) in [4.78, 5) is 56.6. The van der Waals surface area contributed by atoms with Crippen molar-refractivity contribution in [3.63, 3.8) is 0 Å². The van der Waals surface area contributed by atoms with Crippen molar-refractivity contribution in [2.75, 3.05) is 0 Å². The summed E-state index contributed by atoms with van der Waals surface area (Å²) in [5.74, 6) is -0.645. The standard InChI is InChI=1S/C26H34NO9P/c1-13-11-19(35-23(31)27-21(30)16-5-7-17(8-6-16)36-37(32,33)34)24(4)14(2)12-26-18(28)9-10-25(26,22(24)26)15(3)20(13)29/h5-8,13-15,19-20,22,29H,9-12H2,1-4H3,(H,27,30,31)(H2,32,33,34)/t13-,14+,15-,19+,20+,22-,24-,25+,26?/m0/s1. The molecule has 0 aliphatic heterocycles. The van der Waals surface area contributed by atoms with Gasteiger partial charge >= 0.3 is 13.9 Å². The van der Waals surface area contributed by atoms with Gasteiger partial charge in [0.1, 0.15) is 17.6 Å². The summed E-state index contributed by atoms with van der Waals surface area (Å²) in [5, 5.41) is 13.4. The number of Topliss-reactive ketones (excluding diaryl/α,β-unsaturated/α-hetero) is 1. The average molecular weight is 536 g/mol. The zero-order chi connectivity index (χ0) is 27.1. The highest BCUT2D eigenvalue weighted by Gasteiger charge is 2.91. The Labute approximate surface area is 215 Å². The molecule has 10 nitrogen and oxygen atoms in total. The third-order valence-corrected chi connectivity index (χ3v) is 10.8. The summed E-state index contributed by atoms with van der Waals surface area (Å²) in [6, 6.07) is 4.96. The van der Waals surface area contributed by atoms with Gasteiger partial charge in [-0.3, -0.25) is 24.7 Å². The molecule has 0 bridgehead atoms. The monoisotopic (exact) mass is 535 g/mol. The summed E-state index contributed by atoms with van der Waals surface area (Å²) < 4.78 is 21.4. The van der Waals surface area contributed by atoms with Crippen LogP contribution in [0, 0.1) is 39.9 Å². The van der Waals surface area contributed by atoms with E-state index >= 15 is 0 Å². The first kappa shape index (κ1) is 26.4. The summed E-state index contributed by atoms with van der Waals surface area (Å²) in [6.45, 7) is 8.20. The Kier molecular flexibility index (Phi) is 5.96. The van der Waals surface area contributed by atoms with Crippen LogP contribution in [0.15, 0.2) is 24.3 Å². The maximum Gasteiger partial charge on any atom is 0.524 e. The molecule has 0 aromatic heterocycles. The van der Waals surface area contributed by atoms with Crippen LogP contribution in [0.4, 0.5) is 4.79 Å². The van der Waals surface area contributed by atoms with E-state index in [1.807, 2.05) is 6.92 Å². The minimum absolute atomic E-state index is 0.0240. The quantitative estimate of drug-likeness (QED) is 0.424. The van der Waals surface area contributed by atoms with Gasteiger partial charge in [-0.1, -0.05) is 27.7 Å². The highest BCUT2D eigenvalue weighted by atomic mass is 31.2.